The number of aromatic hydroxyl groups is 1. The normalized spacial score (nSPS) is 18.7. The van der Waals surface area contributed by atoms with Crippen LogP contribution in [0.4, 0.5) is 11.9 Å². The standard InChI is InChI=1S/C23H25N5O3/c29-15-20-19-7-2-1-4-16(19)8-9-28(20)23-25-21(17-5-3-6-18(30)14-17)24-22(26-23)27-10-12-31-13-11-27/h1-7,14,20,29-30H,8-13,15H2. The average Bonchev–Trinajstić information content (AvgIpc) is 2.83. The van der Waals surface area contributed by atoms with Crippen LogP contribution in [-0.2, 0) is 11.2 Å². The number of phenolic OH excluding ortho intramolecular Hbond substituents is 1. The number of anilines is 2. The van der Waals surface area contributed by atoms with E-state index in [0.717, 1.165) is 17.5 Å². The summed E-state index contributed by atoms with van der Waals surface area (Å²) in [6, 6.07) is 14.9. The quantitative estimate of drug-likeness (QED) is 0.665. The Hall–Kier alpha value is -3.23. The second-order valence-electron chi connectivity index (χ2n) is 7.75. The molecular weight excluding hydrogens is 394 g/mol. The van der Waals surface area contributed by atoms with Gasteiger partial charge in [-0.15, -0.1) is 0 Å². The molecule has 5 rings (SSSR count). The summed E-state index contributed by atoms with van der Waals surface area (Å²) >= 11 is 0. The van der Waals surface area contributed by atoms with E-state index in [9.17, 15) is 10.2 Å². The van der Waals surface area contributed by atoms with Crippen LogP contribution in [0, 0.1) is 0 Å². The molecule has 0 aliphatic carbocycles. The van der Waals surface area contributed by atoms with E-state index in [4.69, 9.17) is 19.7 Å². The molecule has 1 atom stereocenters. The highest BCUT2D eigenvalue weighted by atomic mass is 16.5. The number of hydrogen-bond acceptors (Lipinski definition) is 8. The lowest BCUT2D eigenvalue weighted by atomic mass is 9.93. The number of morpholine rings is 1. The van der Waals surface area contributed by atoms with Crippen LogP contribution in [-0.4, -0.2) is 64.6 Å². The molecular formula is C23H25N5O3. The van der Waals surface area contributed by atoms with E-state index in [1.807, 2.05) is 18.2 Å². The molecule has 2 aliphatic heterocycles. The Morgan fingerprint density at radius 2 is 1.74 bits per heavy atom. The van der Waals surface area contributed by atoms with Crippen LogP contribution < -0.4 is 9.80 Å². The molecule has 31 heavy (non-hydrogen) atoms. The average molecular weight is 419 g/mol. The molecule has 0 saturated carbocycles. The number of rotatable bonds is 4. The number of fused-ring (bicyclic) bond motifs is 1. The molecule has 1 unspecified atom stereocenters. The van der Waals surface area contributed by atoms with E-state index >= 15 is 0 Å². The van der Waals surface area contributed by atoms with Gasteiger partial charge in [0.1, 0.15) is 5.75 Å². The minimum absolute atomic E-state index is 0.0307. The smallest absolute Gasteiger partial charge is 0.231 e. The van der Waals surface area contributed by atoms with Gasteiger partial charge in [0.2, 0.25) is 11.9 Å². The Kier molecular flexibility index (Phi) is 5.40. The number of benzene rings is 2. The molecule has 1 fully saturated rings. The first-order valence-corrected chi connectivity index (χ1v) is 10.6. The van der Waals surface area contributed by atoms with Crippen molar-refractivity contribution in [3.8, 4) is 17.1 Å². The number of phenols is 1. The monoisotopic (exact) mass is 419 g/mol. The van der Waals surface area contributed by atoms with Crippen molar-refractivity contribution in [2.75, 3.05) is 49.3 Å². The van der Waals surface area contributed by atoms with Crippen molar-refractivity contribution in [1.29, 1.82) is 0 Å². The predicted octanol–water partition coefficient (Wildman–Crippen LogP) is 2.18. The van der Waals surface area contributed by atoms with Gasteiger partial charge < -0.3 is 24.7 Å². The molecule has 0 spiro atoms. The van der Waals surface area contributed by atoms with Crippen LogP contribution >= 0.6 is 0 Å². The zero-order valence-electron chi connectivity index (χ0n) is 17.2. The van der Waals surface area contributed by atoms with Gasteiger partial charge >= 0.3 is 0 Å². The molecule has 0 radical (unpaired) electrons. The highest BCUT2D eigenvalue weighted by Crippen LogP contribution is 2.33. The second-order valence-corrected chi connectivity index (χ2v) is 7.75. The summed E-state index contributed by atoms with van der Waals surface area (Å²) in [6.45, 7) is 3.33. The maximum absolute atomic E-state index is 10.2. The molecule has 8 heteroatoms. The highest BCUT2D eigenvalue weighted by molar-refractivity contribution is 5.61. The first-order valence-electron chi connectivity index (χ1n) is 10.6. The summed E-state index contributed by atoms with van der Waals surface area (Å²) in [5.41, 5.74) is 3.06. The zero-order valence-corrected chi connectivity index (χ0v) is 17.2. The maximum atomic E-state index is 10.2. The molecule has 3 heterocycles. The van der Waals surface area contributed by atoms with Crippen molar-refractivity contribution in [1.82, 2.24) is 15.0 Å². The lowest BCUT2D eigenvalue weighted by molar-refractivity contribution is 0.122. The molecule has 0 amide bonds. The Bertz CT molecular complexity index is 1070. The Morgan fingerprint density at radius 1 is 0.935 bits per heavy atom. The fourth-order valence-corrected chi connectivity index (χ4v) is 4.25. The molecule has 8 nitrogen and oxygen atoms in total. The summed E-state index contributed by atoms with van der Waals surface area (Å²) in [5.74, 6) is 1.77. The minimum atomic E-state index is -0.220. The van der Waals surface area contributed by atoms with Crippen LogP contribution in [0.15, 0.2) is 48.5 Å². The number of aliphatic hydroxyl groups is 1. The lowest BCUT2D eigenvalue weighted by Crippen LogP contribution is -2.40. The van der Waals surface area contributed by atoms with Gasteiger partial charge in [0, 0.05) is 25.2 Å². The van der Waals surface area contributed by atoms with Crippen molar-refractivity contribution in [3.05, 3.63) is 59.7 Å². The summed E-state index contributed by atoms with van der Waals surface area (Å²) in [7, 11) is 0. The van der Waals surface area contributed by atoms with E-state index < -0.39 is 0 Å². The van der Waals surface area contributed by atoms with Crippen LogP contribution in [0.3, 0.4) is 0 Å². The van der Waals surface area contributed by atoms with Crippen molar-refractivity contribution in [2.45, 2.75) is 12.5 Å². The van der Waals surface area contributed by atoms with Gasteiger partial charge in [-0.05, 0) is 29.7 Å². The van der Waals surface area contributed by atoms with Crippen molar-refractivity contribution in [3.63, 3.8) is 0 Å². The first-order chi connectivity index (χ1) is 15.2. The largest absolute Gasteiger partial charge is 0.508 e. The van der Waals surface area contributed by atoms with Gasteiger partial charge in [0.25, 0.3) is 0 Å². The minimum Gasteiger partial charge on any atom is -0.508 e. The summed E-state index contributed by atoms with van der Waals surface area (Å²) in [4.78, 5) is 18.4. The van der Waals surface area contributed by atoms with Gasteiger partial charge in [-0.3, -0.25) is 0 Å². The van der Waals surface area contributed by atoms with Gasteiger partial charge in [-0.1, -0.05) is 36.4 Å². The third-order valence-corrected chi connectivity index (χ3v) is 5.85. The SMILES string of the molecule is OCC1c2ccccc2CCN1c1nc(-c2cccc(O)c2)nc(N2CCOCC2)n1. The van der Waals surface area contributed by atoms with E-state index in [1.165, 1.54) is 5.56 Å². The number of ether oxygens (including phenoxy) is 1. The Labute approximate surface area is 180 Å². The summed E-state index contributed by atoms with van der Waals surface area (Å²) in [5, 5.41) is 20.2. The highest BCUT2D eigenvalue weighted by Gasteiger charge is 2.30. The molecule has 160 valence electrons. The summed E-state index contributed by atoms with van der Waals surface area (Å²) < 4.78 is 5.48. The van der Waals surface area contributed by atoms with Gasteiger partial charge in [-0.25, -0.2) is 0 Å². The van der Waals surface area contributed by atoms with E-state index in [0.29, 0.717) is 50.6 Å². The Balaban J connectivity index is 1.59. The van der Waals surface area contributed by atoms with Gasteiger partial charge in [0.05, 0.1) is 25.9 Å². The third kappa shape index (κ3) is 3.92. The molecule has 2 N–H and O–H groups in total. The number of aromatic nitrogens is 3. The number of hydrogen-bond donors (Lipinski definition) is 2. The van der Waals surface area contributed by atoms with E-state index in [2.05, 4.69) is 21.9 Å². The molecule has 0 bridgehead atoms. The fourth-order valence-electron chi connectivity index (χ4n) is 4.25. The van der Waals surface area contributed by atoms with Gasteiger partial charge in [0.15, 0.2) is 5.82 Å². The molecule has 1 saturated heterocycles. The lowest BCUT2D eigenvalue weighted by Gasteiger charge is -2.37. The van der Waals surface area contributed by atoms with Crippen molar-refractivity contribution in [2.24, 2.45) is 0 Å². The van der Waals surface area contributed by atoms with Gasteiger partial charge in [-0.2, -0.15) is 15.0 Å². The molecule has 2 aliphatic rings. The topological polar surface area (TPSA) is 94.8 Å². The van der Waals surface area contributed by atoms with Crippen molar-refractivity contribution >= 4 is 11.9 Å². The van der Waals surface area contributed by atoms with Crippen LogP contribution in [0.2, 0.25) is 0 Å². The Morgan fingerprint density at radius 3 is 2.55 bits per heavy atom. The fraction of sp³-hybridized carbons (Fsp3) is 0.348. The molecule has 3 aromatic rings. The van der Waals surface area contributed by atoms with Crippen molar-refractivity contribution < 1.29 is 14.9 Å². The van der Waals surface area contributed by atoms with E-state index in [1.54, 1.807) is 18.2 Å². The third-order valence-electron chi connectivity index (χ3n) is 5.85. The molecule has 2 aromatic carbocycles. The number of nitrogens with zero attached hydrogens (tertiary/aromatic N) is 5. The molecule has 1 aromatic heterocycles. The number of aliphatic hydroxyl groups excluding tert-OH is 1. The van der Waals surface area contributed by atoms with Crippen LogP contribution in [0.5, 0.6) is 5.75 Å². The second kappa shape index (κ2) is 8.49. The van der Waals surface area contributed by atoms with E-state index in [-0.39, 0.29) is 18.4 Å². The zero-order chi connectivity index (χ0) is 21.2. The van der Waals surface area contributed by atoms with Crippen LogP contribution in [0.1, 0.15) is 17.2 Å². The van der Waals surface area contributed by atoms with Crippen LogP contribution in [0.25, 0.3) is 11.4 Å². The summed E-state index contributed by atoms with van der Waals surface area (Å²) in [6.07, 6.45) is 0.854. The first kappa shape index (κ1) is 19.7. The predicted molar refractivity (Wildman–Crippen MR) is 117 cm³/mol. The maximum Gasteiger partial charge on any atom is 0.231 e.